The van der Waals surface area contributed by atoms with E-state index >= 15 is 0 Å². The minimum atomic E-state index is -3.95. The number of rotatable bonds is 3. The summed E-state index contributed by atoms with van der Waals surface area (Å²) >= 11 is 13.1. The quantitative estimate of drug-likeness (QED) is 0.382. The third-order valence-electron chi connectivity index (χ3n) is 5.13. The van der Waals surface area contributed by atoms with Gasteiger partial charge in [0.25, 0.3) is 10.0 Å². The number of para-hydroxylation sites is 1. The normalized spacial score (nSPS) is 15.4. The van der Waals surface area contributed by atoms with Crippen molar-refractivity contribution in [3.05, 3.63) is 105 Å². The lowest BCUT2D eigenvalue weighted by atomic mass is 9.95. The summed E-state index contributed by atoms with van der Waals surface area (Å²) in [5.41, 5.74) is 2.87. The van der Waals surface area contributed by atoms with Crippen LogP contribution in [0, 0.1) is 12.3 Å². The molecule has 1 heterocycles. The molecule has 0 fully saturated rings. The number of aliphatic imine (C=N–C) groups is 1. The van der Waals surface area contributed by atoms with Gasteiger partial charge in [0.15, 0.2) is 0 Å². The second-order valence-electron chi connectivity index (χ2n) is 9.03. The van der Waals surface area contributed by atoms with Gasteiger partial charge in [-0.3, -0.25) is 0 Å². The highest BCUT2D eigenvalue weighted by molar-refractivity contribution is 7.93. The molecule has 0 amide bonds. The minimum Gasteiger partial charge on any atom is -0.229 e. The fourth-order valence-electron chi connectivity index (χ4n) is 3.66. The number of sulfonamides is 1. The number of allylic oxidation sites excluding steroid dienone is 1. The van der Waals surface area contributed by atoms with Gasteiger partial charge in [-0.15, -0.1) is 0 Å². The van der Waals surface area contributed by atoms with E-state index in [2.05, 4.69) is 0 Å². The van der Waals surface area contributed by atoms with Crippen molar-refractivity contribution >= 4 is 44.6 Å². The van der Waals surface area contributed by atoms with Crippen molar-refractivity contribution in [3.63, 3.8) is 0 Å². The van der Waals surface area contributed by atoms with E-state index in [-0.39, 0.29) is 10.3 Å². The highest BCUT2D eigenvalue weighted by Gasteiger charge is 2.36. The van der Waals surface area contributed by atoms with Gasteiger partial charge in [0, 0.05) is 11.1 Å². The lowest BCUT2D eigenvalue weighted by Gasteiger charge is -2.33. The first-order valence-electron chi connectivity index (χ1n) is 10.5. The van der Waals surface area contributed by atoms with Crippen molar-refractivity contribution in [3.8, 4) is 0 Å². The van der Waals surface area contributed by atoms with Crippen LogP contribution >= 0.6 is 23.2 Å². The minimum absolute atomic E-state index is 0.192. The zero-order chi connectivity index (χ0) is 24.0. The largest absolute Gasteiger partial charge is 0.269 e. The van der Waals surface area contributed by atoms with Crippen molar-refractivity contribution in [1.82, 2.24) is 0 Å². The summed E-state index contributed by atoms with van der Waals surface area (Å²) in [6, 6.07) is 19.3. The number of anilines is 1. The van der Waals surface area contributed by atoms with Crippen LogP contribution in [0.1, 0.15) is 37.5 Å². The van der Waals surface area contributed by atoms with Crippen LogP contribution in [0.25, 0.3) is 0 Å². The molecule has 0 saturated heterocycles. The molecule has 7 heteroatoms. The van der Waals surface area contributed by atoms with Crippen molar-refractivity contribution in [2.45, 2.75) is 32.6 Å². The highest BCUT2D eigenvalue weighted by atomic mass is 35.5. The number of aryl methyl sites for hydroxylation is 1. The van der Waals surface area contributed by atoms with Gasteiger partial charge in [-0.2, -0.15) is 0 Å². The van der Waals surface area contributed by atoms with Gasteiger partial charge in [-0.1, -0.05) is 85.9 Å². The van der Waals surface area contributed by atoms with Crippen LogP contribution in [0.3, 0.4) is 0 Å². The molecule has 1 aliphatic heterocycles. The van der Waals surface area contributed by atoms with Gasteiger partial charge in [-0.05, 0) is 48.7 Å². The van der Waals surface area contributed by atoms with Crippen LogP contribution in [-0.4, -0.2) is 14.1 Å². The van der Waals surface area contributed by atoms with E-state index in [1.165, 1.54) is 4.31 Å². The third kappa shape index (κ3) is 4.58. The van der Waals surface area contributed by atoms with Crippen molar-refractivity contribution in [1.29, 1.82) is 0 Å². The average molecular weight is 499 g/mol. The zero-order valence-corrected chi connectivity index (χ0v) is 21.1. The lowest BCUT2D eigenvalue weighted by Crippen LogP contribution is -2.35. The van der Waals surface area contributed by atoms with Gasteiger partial charge in [0.05, 0.1) is 26.3 Å². The van der Waals surface area contributed by atoms with Gasteiger partial charge >= 0.3 is 0 Å². The molecule has 33 heavy (non-hydrogen) atoms. The smallest absolute Gasteiger partial charge is 0.229 e. The van der Waals surface area contributed by atoms with Crippen molar-refractivity contribution in [2.24, 2.45) is 10.4 Å². The van der Waals surface area contributed by atoms with Gasteiger partial charge < -0.3 is 0 Å². The van der Waals surface area contributed by atoms with Gasteiger partial charge in [-0.25, -0.2) is 17.7 Å². The number of halogens is 2. The Balaban J connectivity index is 2.04. The number of benzene rings is 3. The molecule has 4 rings (SSSR count). The van der Waals surface area contributed by atoms with Crippen LogP contribution < -0.4 is 4.31 Å². The molecule has 0 bridgehead atoms. The lowest BCUT2D eigenvalue weighted by molar-refractivity contribution is 0.537. The first-order chi connectivity index (χ1) is 15.5. The summed E-state index contributed by atoms with van der Waals surface area (Å²) in [6.07, 6.45) is 1.85. The molecule has 4 nitrogen and oxygen atoms in total. The Morgan fingerprint density at radius 1 is 0.879 bits per heavy atom. The van der Waals surface area contributed by atoms with Crippen LogP contribution in [-0.2, 0) is 10.0 Å². The molecular formula is C26H24Cl2N2O2S. The maximum atomic E-state index is 13.9. The monoisotopic (exact) mass is 498 g/mol. The van der Waals surface area contributed by atoms with E-state index in [1.54, 1.807) is 48.5 Å². The maximum absolute atomic E-state index is 13.9. The summed E-state index contributed by atoms with van der Waals surface area (Å²) in [6.45, 7) is 7.90. The predicted octanol–water partition coefficient (Wildman–Crippen LogP) is 7.24. The van der Waals surface area contributed by atoms with E-state index in [9.17, 15) is 8.42 Å². The van der Waals surface area contributed by atoms with Crippen LogP contribution in [0.15, 0.2) is 88.5 Å². The van der Waals surface area contributed by atoms with E-state index in [0.29, 0.717) is 38.4 Å². The molecule has 170 valence electrons. The zero-order valence-electron chi connectivity index (χ0n) is 18.8. The summed E-state index contributed by atoms with van der Waals surface area (Å²) in [7, 11) is -3.95. The number of nitrogens with zero attached hydrogens (tertiary/aromatic N) is 2. The summed E-state index contributed by atoms with van der Waals surface area (Å²) in [4.78, 5) is 5.04. The Hall–Kier alpha value is -2.60. The molecule has 0 unspecified atom stereocenters. The third-order valence-corrected chi connectivity index (χ3v) is 7.50. The first kappa shape index (κ1) is 23.6. The fraction of sp³-hybridized carbons (Fsp3) is 0.192. The molecule has 0 aliphatic carbocycles. The molecular weight excluding hydrogens is 475 g/mol. The summed E-state index contributed by atoms with van der Waals surface area (Å²) in [5, 5.41) is 0.891. The number of hydrogen-bond donors (Lipinski definition) is 0. The van der Waals surface area contributed by atoms with Crippen molar-refractivity contribution in [2.75, 3.05) is 4.31 Å². The van der Waals surface area contributed by atoms with Crippen LogP contribution in [0.4, 0.5) is 5.69 Å². The molecule has 0 N–H and O–H groups in total. The molecule has 1 aliphatic rings. The van der Waals surface area contributed by atoms with Crippen molar-refractivity contribution < 1.29 is 8.42 Å². The standard InChI is InChI=1S/C26H24Cl2N2O2S/c1-17-12-14-18(15-13-17)33(31,32)30-22-11-6-5-8-19(22)25(29-23(30)16-26(2,3)4)24-20(27)9-7-10-21(24)28/h5-16H,1-4H3/b23-16-. The molecule has 0 radical (unpaired) electrons. The van der Waals surface area contributed by atoms with E-state index in [4.69, 9.17) is 28.2 Å². The molecule has 3 aromatic rings. The molecule has 0 spiro atoms. The Kier molecular flexibility index (Phi) is 6.16. The Morgan fingerprint density at radius 3 is 2.09 bits per heavy atom. The van der Waals surface area contributed by atoms with E-state index in [1.807, 2.05) is 52.0 Å². The molecule has 0 aromatic heterocycles. The Labute approximate surface area is 205 Å². The highest BCUT2D eigenvalue weighted by Crippen LogP contribution is 2.40. The SMILES string of the molecule is Cc1ccc(S(=O)(=O)N2/C(=C\C(C)(C)C)N=C(c3c(Cl)cccc3Cl)c3ccccc32)cc1. The predicted molar refractivity (Wildman–Crippen MR) is 137 cm³/mol. The summed E-state index contributed by atoms with van der Waals surface area (Å²) in [5.74, 6) is 0.299. The molecule has 0 atom stereocenters. The Bertz CT molecular complexity index is 1370. The second-order valence-corrected chi connectivity index (χ2v) is 11.6. The first-order valence-corrected chi connectivity index (χ1v) is 12.7. The topological polar surface area (TPSA) is 49.7 Å². The maximum Gasteiger partial charge on any atom is 0.269 e. The Morgan fingerprint density at radius 2 is 1.48 bits per heavy atom. The molecule has 3 aromatic carbocycles. The van der Waals surface area contributed by atoms with E-state index < -0.39 is 10.0 Å². The van der Waals surface area contributed by atoms with E-state index in [0.717, 1.165) is 5.56 Å². The number of fused-ring (bicyclic) bond motifs is 1. The van der Waals surface area contributed by atoms with Gasteiger partial charge in [0.2, 0.25) is 0 Å². The second kappa shape index (κ2) is 8.64. The van der Waals surface area contributed by atoms with Crippen LogP contribution in [0.2, 0.25) is 10.0 Å². The average Bonchev–Trinajstić information content (AvgIpc) is 2.72. The van der Waals surface area contributed by atoms with Crippen LogP contribution in [0.5, 0.6) is 0 Å². The summed E-state index contributed by atoms with van der Waals surface area (Å²) < 4.78 is 29.1. The fourth-order valence-corrected chi connectivity index (χ4v) is 5.68. The van der Waals surface area contributed by atoms with Gasteiger partial charge in [0.1, 0.15) is 5.82 Å². The number of hydrogen-bond acceptors (Lipinski definition) is 3. The molecule has 0 saturated carbocycles.